The molecule has 3 heterocycles. The number of fused-ring (bicyclic) bond motifs is 1. The highest BCUT2D eigenvalue weighted by atomic mass is 19.1. The number of primary amides is 1. The largest absolute Gasteiger partial charge is 0.368 e. The van der Waals surface area contributed by atoms with Crippen LogP contribution in [-0.2, 0) is 22.4 Å². The third-order valence-corrected chi connectivity index (χ3v) is 6.85. The molecule has 1 unspecified atom stereocenters. The van der Waals surface area contributed by atoms with Crippen LogP contribution in [0.15, 0.2) is 54.6 Å². The van der Waals surface area contributed by atoms with Crippen molar-refractivity contribution in [2.45, 2.75) is 31.7 Å². The summed E-state index contributed by atoms with van der Waals surface area (Å²) in [5, 5.41) is 6.30. The summed E-state index contributed by atoms with van der Waals surface area (Å²) in [6.45, 7) is 1.32. The average Bonchev–Trinajstić information content (AvgIpc) is 3.33. The first kappa shape index (κ1) is 23.7. The van der Waals surface area contributed by atoms with Crippen LogP contribution < -0.4 is 16.4 Å². The normalized spacial score (nSPS) is 17.4. The van der Waals surface area contributed by atoms with Crippen LogP contribution in [0, 0.1) is 11.7 Å². The number of benzene rings is 2. The Morgan fingerprint density at radius 3 is 2.47 bits per heavy atom. The van der Waals surface area contributed by atoms with Crippen LogP contribution in [0.5, 0.6) is 0 Å². The third kappa shape index (κ3) is 5.30. The summed E-state index contributed by atoms with van der Waals surface area (Å²) in [6.07, 6.45) is 3.14. The van der Waals surface area contributed by atoms with Gasteiger partial charge < -0.3 is 21.3 Å². The lowest BCUT2D eigenvalue weighted by molar-refractivity contribution is -0.133. The Morgan fingerprint density at radius 1 is 1.06 bits per heavy atom. The highest BCUT2D eigenvalue weighted by Crippen LogP contribution is 2.33. The van der Waals surface area contributed by atoms with E-state index in [9.17, 15) is 14.0 Å². The maximum atomic E-state index is 13.4. The summed E-state index contributed by atoms with van der Waals surface area (Å²) >= 11 is 0. The van der Waals surface area contributed by atoms with Gasteiger partial charge >= 0.3 is 0 Å². The summed E-state index contributed by atoms with van der Waals surface area (Å²) in [6, 6.07) is 15.8. The van der Waals surface area contributed by atoms with Gasteiger partial charge in [0.2, 0.25) is 11.8 Å². The Morgan fingerprint density at radius 2 is 1.78 bits per heavy atom. The number of anilines is 2. The summed E-state index contributed by atoms with van der Waals surface area (Å²) in [4.78, 5) is 36.0. The highest BCUT2D eigenvalue weighted by molar-refractivity contribution is 5.88. The maximum absolute atomic E-state index is 13.4. The molecule has 0 radical (unpaired) electrons. The molecule has 9 heteroatoms. The van der Waals surface area contributed by atoms with Gasteiger partial charge in [-0.05, 0) is 42.9 Å². The molecule has 186 valence electrons. The molecule has 2 aromatic carbocycles. The number of nitrogens with zero attached hydrogens (tertiary/aromatic N) is 3. The number of likely N-dealkylation sites (tertiary alicyclic amines) is 1. The zero-order valence-corrected chi connectivity index (χ0v) is 19.9. The zero-order chi connectivity index (χ0) is 25.1. The second kappa shape index (κ2) is 10.3. The fourth-order valence-electron chi connectivity index (χ4n) is 4.93. The van der Waals surface area contributed by atoms with Gasteiger partial charge in [-0.25, -0.2) is 14.4 Å². The molecule has 2 aliphatic heterocycles. The van der Waals surface area contributed by atoms with Gasteiger partial charge in [0.15, 0.2) is 5.82 Å². The summed E-state index contributed by atoms with van der Waals surface area (Å²) in [7, 11) is 0. The number of aromatic nitrogens is 2. The fourth-order valence-corrected chi connectivity index (χ4v) is 4.93. The van der Waals surface area contributed by atoms with Gasteiger partial charge in [0, 0.05) is 30.6 Å². The number of nitrogens with one attached hydrogen (secondary N) is 2. The molecule has 36 heavy (non-hydrogen) atoms. The van der Waals surface area contributed by atoms with Gasteiger partial charge in [0.25, 0.3) is 0 Å². The van der Waals surface area contributed by atoms with E-state index in [4.69, 9.17) is 5.73 Å². The van der Waals surface area contributed by atoms with Gasteiger partial charge in [-0.2, -0.15) is 0 Å². The van der Waals surface area contributed by atoms with Crippen LogP contribution in [0.3, 0.4) is 0 Å². The van der Waals surface area contributed by atoms with Crippen LogP contribution in [0.25, 0.3) is 11.4 Å². The number of carbonyl (C=O) groups excluding carboxylic acids is 2. The topological polar surface area (TPSA) is 113 Å². The number of nitrogens with two attached hydrogens (primary N) is 1. The van der Waals surface area contributed by atoms with Crippen molar-refractivity contribution in [1.82, 2.24) is 14.9 Å². The molecular weight excluding hydrogens is 459 g/mol. The van der Waals surface area contributed by atoms with Crippen LogP contribution in [0.1, 0.15) is 24.0 Å². The number of hydrogen-bond acceptors (Lipinski definition) is 6. The van der Waals surface area contributed by atoms with E-state index in [1.165, 1.54) is 12.1 Å². The van der Waals surface area contributed by atoms with Crippen molar-refractivity contribution in [3.05, 3.63) is 71.5 Å². The molecule has 0 spiro atoms. The second-order valence-electron chi connectivity index (χ2n) is 9.41. The molecule has 0 aliphatic carbocycles. The Hall–Kier alpha value is -4.01. The Labute approximate surface area is 209 Å². The quantitative estimate of drug-likeness (QED) is 0.471. The fraction of sp³-hybridized carbons (Fsp3) is 0.333. The summed E-state index contributed by atoms with van der Waals surface area (Å²) < 4.78 is 13.2. The van der Waals surface area contributed by atoms with Crippen molar-refractivity contribution in [1.29, 1.82) is 0 Å². The molecule has 3 aromatic rings. The number of rotatable bonds is 7. The minimum absolute atomic E-state index is 0.0374. The number of amides is 2. The number of hydrogen-bond donors (Lipinski definition) is 3. The van der Waals surface area contributed by atoms with Gasteiger partial charge in [-0.3, -0.25) is 9.59 Å². The van der Waals surface area contributed by atoms with Crippen LogP contribution in [-0.4, -0.2) is 52.4 Å². The Bertz CT molecular complexity index is 1240. The van der Waals surface area contributed by atoms with Crippen molar-refractivity contribution >= 4 is 23.5 Å². The van der Waals surface area contributed by atoms with Crippen molar-refractivity contribution in [3.8, 4) is 11.4 Å². The lowest BCUT2D eigenvalue weighted by Gasteiger charge is -2.33. The van der Waals surface area contributed by atoms with Gasteiger partial charge in [0.05, 0.1) is 6.54 Å². The summed E-state index contributed by atoms with van der Waals surface area (Å²) in [5.74, 6) is 1.40. The van der Waals surface area contributed by atoms with Gasteiger partial charge in [0.1, 0.15) is 23.5 Å². The van der Waals surface area contributed by atoms with Crippen LogP contribution in [0.4, 0.5) is 16.0 Å². The molecule has 1 atom stereocenters. The molecule has 2 amide bonds. The Kier molecular flexibility index (Phi) is 6.79. The van der Waals surface area contributed by atoms with Gasteiger partial charge in [-0.15, -0.1) is 0 Å². The van der Waals surface area contributed by atoms with Crippen LogP contribution >= 0.6 is 0 Å². The number of carbonyl (C=O) groups is 2. The highest BCUT2D eigenvalue weighted by Gasteiger charge is 2.35. The molecule has 1 saturated heterocycles. The smallest absolute Gasteiger partial charge is 0.245 e. The van der Waals surface area contributed by atoms with E-state index in [1.807, 2.05) is 47.4 Å². The first-order chi connectivity index (χ1) is 17.5. The zero-order valence-electron chi connectivity index (χ0n) is 19.9. The molecule has 1 aromatic heterocycles. The van der Waals surface area contributed by atoms with E-state index in [0.717, 1.165) is 36.0 Å². The Balaban J connectivity index is 1.26. The minimum Gasteiger partial charge on any atom is -0.368 e. The lowest BCUT2D eigenvalue weighted by Crippen LogP contribution is -2.46. The number of piperidine rings is 1. The van der Waals surface area contributed by atoms with Crippen molar-refractivity contribution < 1.29 is 14.0 Å². The molecule has 0 saturated carbocycles. The first-order valence-corrected chi connectivity index (χ1v) is 12.2. The van der Waals surface area contributed by atoms with E-state index in [2.05, 4.69) is 20.6 Å². The van der Waals surface area contributed by atoms with E-state index >= 15 is 0 Å². The molecule has 4 N–H and O–H groups in total. The predicted molar refractivity (Wildman–Crippen MR) is 136 cm³/mol. The van der Waals surface area contributed by atoms with E-state index in [0.29, 0.717) is 42.9 Å². The molecule has 8 nitrogen and oxygen atoms in total. The van der Waals surface area contributed by atoms with E-state index < -0.39 is 11.9 Å². The second-order valence-corrected chi connectivity index (χ2v) is 9.41. The SMILES string of the molecule is NC(=O)CNc1nc(-c2ccccc2)nc2c1CC(C(=O)N1CCC(Cc3ccc(F)cc3)CC1)N2. The number of halogens is 1. The molecule has 5 rings (SSSR count). The third-order valence-electron chi connectivity index (χ3n) is 6.85. The van der Waals surface area contributed by atoms with Crippen molar-refractivity contribution in [2.24, 2.45) is 11.7 Å². The van der Waals surface area contributed by atoms with Crippen molar-refractivity contribution in [3.63, 3.8) is 0 Å². The predicted octanol–water partition coefficient (Wildman–Crippen LogP) is 3.00. The van der Waals surface area contributed by atoms with E-state index in [1.54, 1.807) is 0 Å². The standard InChI is InChI=1S/C27H29FN6O2/c28-20-8-6-17(7-9-20)14-18-10-12-34(13-11-18)27(36)22-15-21-25(30-16-23(29)35)32-24(33-26(21)31-22)19-4-2-1-3-5-19/h1-9,18,22H,10-16H2,(H2,29,35)(H2,30,31,32,33). The van der Waals surface area contributed by atoms with Crippen molar-refractivity contribution in [2.75, 3.05) is 30.3 Å². The van der Waals surface area contributed by atoms with Gasteiger partial charge in [-0.1, -0.05) is 42.5 Å². The van der Waals surface area contributed by atoms with Crippen LogP contribution in [0.2, 0.25) is 0 Å². The molecular formula is C27H29FN6O2. The minimum atomic E-state index is -0.495. The molecule has 0 bridgehead atoms. The maximum Gasteiger partial charge on any atom is 0.245 e. The van der Waals surface area contributed by atoms with E-state index in [-0.39, 0.29) is 18.3 Å². The molecule has 1 fully saturated rings. The lowest BCUT2D eigenvalue weighted by atomic mass is 9.90. The molecule has 2 aliphatic rings. The average molecular weight is 489 g/mol. The first-order valence-electron chi connectivity index (χ1n) is 12.2. The monoisotopic (exact) mass is 488 g/mol. The summed E-state index contributed by atoms with van der Waals surface area (Å²) in [5.41, 5.74) is 8.07.